The monoisotopic (exact) mass is 440 g/mol. The molecule has 1 fully saturated rings. The zero-order chi connectivity index (χ0) is 22.9. The lowest BCUT2D eigenvalue weighted by Gasteiger charge is -2.27. The van der Waals surface area contributed by atoms with Crippen molar-refractivity contribution in [3.05, 3.63) is 78.0 Å². The molecule has 0 aliphatic carbocycles. The Morgan fingerprint density at radius 2 is 1.88 bits per heavy atom. The van der Waals surface area contributed by atoms with Crippen LogP contribution in [-0.4, -0.2) is 50.8 Å². The molecule has 7 heteroatoms. The van der Waals surface area contributed by atoms with Gasteiger partial charge in [-0.15, -0.1) is 0 Å². The van der Waals surface area contributed by atoms with Crippen molar-refractivity contribution in [1.82, 2.24) is 24.3 Å². The maximum absolute atomic E-state index is 13.6. The molecule has 0 saturated carbocycles. The average Bonchev–Trinajstić information content (AvgIpc) is 3.44. The Hall–Kier alpha value is -3.74. The van der Waals surface area contributed by atoms with Crippen LogP contribution in [0.5, 0.6) is 0 Å². The zero-order valence-corrected chi connectivity index (χ0v) is 19.3. The second-order valence-electron chi connectivity index (χ2n) is 8.72. The van der Waals surface area contributed by atoms with Crippen LogP contribution in [0.25, 0.3) is 16.8 Å². The van der Waals surface area contributed by atoms with E-state index in [1.807, 2.05) is 84.0 Å². The number of pyridine rings is 1. The van der Waals surface area contributed by atoms with Crippen LogP contribution >= 0.6 is 0 Å². The summed E-state index contributed by atoms with van der Waals surface area (Å²) in [5, 5.41) is 0. The van der Waals surface area contributed by atoms with Gasteiger partial charge in [0.1, 0.15) is 5.65 Å². The van der Waals surface area contributed by atoms with Crippen molar-refractivity contribution >= 4 is 17.5 Å². The number of nitrogens with zero attached hydrogens (tertiary/aromatic N) is 6. The number of hydrogen-bond donors (Lipinski definition) is 0. The van der Waals surface area contributed by atoms with Crippen molar-refractivity contribution in [2.75, 3.05) is 25.5 Å². The van der Waals surface area contributed by atoms with Crippen molar-refractivity contribution in [2.24, 2.45) is 0 Å². The van der Waals surface area contributed by atoms with E-state index in [9.17, 15) is 4.79 Å². The van der Waals surface area contributed by atoms with E-state index in [1.54, 1.807) is 0 Å². The quantitative estimate of drug-likeness (QED) is 0.468. The van der Waals surface area contributed by atoms with Crippen molar-refractivity contribution in [1.29, 1.82) is 0 Å². The fourth-order valence-electron chi connectivity index (χ4n) is 4.67. The average molecular weight is 441 g/mol. The minimum atomic E-state index is -0.0751. The van der Waals surface area contributed by atoms with Crippen molar-refractivity contribution in [3.8, 4) is 11.1 Å². The number of aryl methyl sites for hydroxylation is 1. The molecular weight excluding hydrogens is 412 g/mol. The van der Waals surface area contributed by atoms with Gasteiger partial charge in [-0.1, -0.05) is 36.4 Å². The van der Waals surface area contributed by atoms with E-state index in [4.69, 9.17) is 4.98 Å². The Bertz CT molecular complexity index is 1300. The lowest BCUT2D eigenvalue weighted by molar-refractivity contribution is -0.131. The summed E-state index contributed by atoms with van der Waals surface area (Å²) in [6.07, 6.45) is 6.03. The first-order chi connectivity index (χ1) is 16.0. The molecular formula is C26H28N6O. The van der Waals surface area contributed by atoms with Gasteiger partial charge in [-0.25, -0.2) is 15.0 Å². The standard InChI is InChI=1S/C26H28N6O/c1-18-22(31-14-8-7-13-23(31)28-18)16-24(33)32-15-9-12-21(32)25-20(19-10-5-4-6-11-19)17-27-26(29-25)30(2)3/h4-8,10-11,13-14,17,21H,9,12,15-16H2,1-3H3. The predicted octanol–water partition coefficient (Wildman–Crippen LogP) is 4.07. The molecule has 0 N–H and O–H groups in total. The van der Waals surface area contributed by atoms with E-state index in [-0.39, 0.29) is 11.9 Å². The Morgan fingerprint density at radius 1 is 1.09 bits per heavy atom. The van der Waals surface area contributed by atoms with E-state index in [1.165, 1.54) is 0 Å². The molecule has 1 atom stereocenters. The number of aromatic nitrogens is 4. The number of hydrogen-bond acceptors (Lipinski definition) is 5. The summed E-state index contributed by atoms with van der Waals surface area (Å²) in [5.74, 6) is 0.761. The molecule has 1 saturated heterocycles. The highest BCUT2D eigenvalue weighted by Crippen LogP contribution is 2.37. The molecule has 1 aliphatic heterocycles. The van der Waals surface area contributed by atoms with E-state index in [0.29, 0.717) is 12.4 Å². The normalized spacial score (nSPS) is 15.8. The van der Waals surface area contributed by atoms with Crippen LogP contribution in [0, 0.1) is 6.92 Å². The summed E-state index contributed by atoms with van der Waals surface area (Å²) < 4.78 is 2.02. The SMILES string of the molecule is Cc1nc2ccccn2c1CC(=O)N1CCCC1c1nc(N(C)C)ncc1-c1ccccc1. The first-order valence-electron chi connectivity index (χ1n) is 11.3. The Kier molecular flexibility index (Phi) is 5.54. The second kappa shape index (κ2) is 8.65. The highest BCUT2D eigenvalue weighted by atomic mass is 16.2. The maximum Gasteiger partial charge on any atom is 0.229 e. The van der Waals surface area contributed by atoms with Gasteiger partial charge in [0, 0.05) is 38.6 Å². The smallest absolute Gasteiger partial charge is 0.229 e. The molecule has 1 unspecified atom stereocenters. The van der Waals surface area contributed by atoms with Gasteiger partial charge in [-0.05, 0) is 37.5 Å². The number of amides is 1. The molecule has 7 nitrogen and oxygen atoms in total. The van der Waals surface area contributed by atoms with Crippen LogP contribution in [0.15, 0.2) is 60.9 Å². The van der Waals surface area contributed by atoms with Crippen LogP contribution in [0.2, 0.25) is 0 Å². The number of benzene rings is 1. The van der Waals surface area contributed by atoms with Gasteiger partial charge < -0.3 is 14.2 Å². The summed E-state index contributed by atoms with van der Waals surface area (Å²) in [7, 11) is 3.87. The van der Waals surface area contributed by atoms with Gasteiger partial charge in [0.15, 0.2) is 0 Å². The summed E-state index contributed by atoms with van der Waals surface area (Å²) in [6.45, 7) is 2.70. The van der Waals surface area contributed by atoms with Gasteiger partial charge in [0.05, 0.1) is 29.5 Å². The number of anilines is 1. The van der Waals surface area contributed by atoms with Gasteiger partial charge in [-0.2, -0.15) is 0 Å². The van der Waals surface area contributed by atoms with E-state index >= 15 is 0 Å². The summed E-state index contributed by atoms with van der Waals surface area (Å²) in [5.41, 5.74) is 5.68. The molecule has 5 rings (SSSR count). The lowest BCUT2D eigenvalue weighted by Crippen LogP contribution is -2.33. The molecule has 0 spiro atoms. The van der Waals surface area contributed by atoms with Gasteiger partial charge >= 0.3 is 0 Å². The first-order valence-corrected chi connectivity index (χ1v) is 11.3. The minimum absolute atomic E-state index is 0.0751. The molecule has 1 aliphatic rings. The third-order valence-corrected chi connectivity index (χ3v) is 6.33. The Morgan fingerprint density at radius 3 is 2.67 bits per heavy atom. The van der Waals surface area contributed by atoms with Gasteiger partial charge in [0.2, 0.25) is 11.9 Å². The largest absolute Gasteiger partial charge is 0.347 e. The number of carbonyl (C=O) groups is 1. The number of likely N-dealkylation sites (tertiary alicyclic amines) is 1. The van der Waals surface area contributed by atoms with Crippen LogP contribution in [0.4, 0.5) is 5.95 Å². The highest BCUT2D eigenvalue weighted by molar-refractivity contribution is 5.80. The first kappa shape index (κ1) is 21.1. The van der Waals surface area contributed by atoms with Crippen LogP contribution < -0.4 is 4.90 Å². The Labute approximate surface area is 193 Å². The molecule has 4 aromatic rings. The highest BCUT2D eigenvalue weighted by Gasteiger charge is 2.34. The van der Waals surface area contributed by atoms with Gasteiger partial charge in [0.25, 0.3) is 0 Å². The third kappa shape index (κ3) is 3.95. The third-order valence-electron chi connectivity index (χ3n) is 6.33. The van der Waals surface area contributed by atoms with Crippen molar-refractivity contribution < 1.29 is 4.79 Å². The fraction of sp³-hybridized carbons (Fsp3) is 0.308. The zero-order valence-electron chi connectivity index (χ0n) is 19.3. The number of fused-ring (bicyclic) bond motifs is 1. The van der Waals surface area contributed by atoms with E-state index in [2.05, 4.69) is 22.1 Å². The number of carbonyl (C=O) groups excluding carboxylic acids is 1. The number of imidazole rings is 1. The van der Waals surface area contributed by atoms with E-state index in [0.717, 1.165) is 53.2 Å². The summed E-state index contributed by atoms with van der Waals surface area (Å²) in [4.78, 5) is 31.6. The van der Waals surface area contributed by atoms with E-state index < -0.39 is 0 Å². The van der Waals surface area contributed by atoms with Crippen LogP contribution in [0.1, 0.15) is 36.0 Å². The molecule has 33 heavy (non-hydrogen) atoms. The van der Waals surface area contributed by atoms with Crippen LogP contribution in [-0.2, 0) is 11.2 Å². The topological polar surface area (TPSA) is 66.6 Å². The predicted molar refractivity (Wildman–Crippen MR) is 129 cm³/mol. The van der Waals surface area contributed by atoms with Crippen molar-refractivity contribution in [3.63, 3.8) is 0 Å². The molecule has 1 aromatic carbocycles. The minimum Gasteiger partial charge on any atom is -0.347 e. The van der Waals surface area contributed by atoms with Crippen molar-refractivity contribution in [2.45, 2.75) is 32.2 Å². The lowest BCUT2D eigenvalue weighted by atomic mass is 9.99. The number of rotatable bonds is 5. The maximum atomic E-state index is 13.6. The second-order valence-corrected chi connectivity index (χ2v) is 8.72. The molecule has 4 heterocycles. The summed E-state index contributed by atoms with van der Waals surface area (Å²) in [6, 6.07) is 16.0. The fourth-order valence-corrected chi connectivity index (χ4v) is 4.67. The Balaban J connectivity index is 1.51. The molecule has 0 bridgehead atoms. The summed E-state index contributed by atoms with van der Waals surface area (Å²) >= 11 is 0. The molecule has 3 aromatic heterocycles. The van der Waals surface area contributed by atoms with Crippen LogP contribution in [0.3, 0.4) is 0 Å². The molecule has 0 radical (unpaired) electrons. The van der Waals surface area contributed by atoms with Gasteiger partial charge in [-0.3, -0.25) is 4.79 Å². The molecule has 1 amide bonds. The molecule has 168 valence electrons.